The summed E-state index contributed by atoms with van der Waals surface area (Å²) in [6, 6.07) is 14.3. The van der Waals surface area contributed by atoms with Crippen molar-refractivity contribution in [3.63, 3.8) is 0 Å². The molecule has 2 amide bonds. The summed E-state index contributed by atoms with van der Waals surface area (Å²) >= 11 is 7.55. The summed E-state index contributed by atoms with van der Waals surface area (Å²) in [5, 5.41) is 6.47. The highest BCUT2D eigenvalue weighted by molar-refractivity contribution is 7.15. The van der Waals surface area contributed by atoms with Crippen LogP contribution in [0, 0.1) is 0 Å². The van der Waals surface area contributed by atoms with E-state index in [4.69, 9.17) is 16.3 Å². The molecule has 0 aliphatic heterocycles. The van der Waals surface area contributed by atoms with Crippen LogP contribution in [0.1, 0.15) is 27.7 Å². The molecule has 0 unspecified atom stereocenters. The summed E-state index contributed by atoms with van der Waals surface area (Å²) in [6.45, 7) is 2.30. The summed E-state index contributed by atoms with van der Waals surface area (Å²) < 4.78 is 5.34. The Hall–Kier alpha value is -2.90. The minimum Gasteiger partial charge on any atom is -0.494 e. The van der Waals surface area contributed by atoms with Crippen LogP contribution in [0.5, 0.6) is 5.75 Å². The van der Waals surface area contributed by atoms with Crippen molar-refractivity contribution in [3.8, 4) is 5.75 Å². The van der Waals surface area contributed by atoms with E-state index in [0.29, 0.717) is 34.5 Å². The Kier molecular flexibility index (Phi) is 7.21. The average Bonchev–Trinajstić information content (AvgIpc) is 3.15. The first-order valence-corrected chi connectivity index (χ1v) is 10.2. The molecule has 1 aromatic heterocycles. The number of nitrogens with zero attached hydrogens (tertiary/aromatic N) is 1. The summed E-state index contributed by atoms with van der Waals surface area (Å²) in [5.74, 6) is 0.0165. The van der Waals surface area contributed by atoms with Crippen molar-refractivity contribution >= 4 is 39.9 Å². The number of amides is 2. The minimum atomic E-state index is -0.345. The Morgan fingerprint density at radius 1 is 1.14 bits per heavy atom. The van der Waals surface area contributed by atoms with Gasteiger partial charge in [0.25, 0.3) is 5.91 Å². The van der Waals surface area contributed by atoms with Crippen LogP contribution in [0.15, 0.2) is 54.7 Å². The normalized spacial score (nSPS) is 10.4. The van der Waals surface area contributed by atoms with Gasteiger partial charge < -0.3 is 15.4 Å². The second-order valence-corrected chi connectivity index (χ2v) is 7.61. The van der Waals surface area contributed by atoms with Crippen molar-refractivity contribution in [1.82, 2.24) is 10.3 Å². The maximum Gasteiger partial charge on any atom is 0.251 e. The van der Waals surface area contributed by atoms with Crippen molar-refractivity contribution < 1.29 is 14.3 Å². The molecule has 6 nitrogen and oxygen atoms in total. The van der Waals surface area contributed by atoms with Gasteiger partial charge in [-0.1, -0.05) is 29.8 Å². The van der Waals surface area contributed by atoms with Crippen LogP contribution in [0.25, 0.3) is 0 Å². The van der Waals surface area contributed by atoms with E-state index in [-0.39, 0.29) is 18.4 Å². The number of anilines is 1. The zero-order chi connectivity index (χ0) is 20.6. The van der Waals surface area contributed by atoms with Gasteiger partial charge >= 0.3 is 0 Å². The zero-order valence-electron chi connectivity index (χ0n) is 15.8. The van der Waals surface area contributed by atoms with E-state index in [9.17, 15) is 9.59 Å². The smallest absolute Gasteiger partial charge is 0.251 e. The van der Waals surface area contributed by atoms with Gasteiger partial charge in [0.05, 0.1) is 13.2 Å². The lowest BCUT2D eigenvalue weighted by Crippen LogP contribution is -2.32. The minimum absolute atomic E-state index is 0.147. The number of nitrogens with one attached hydrogen (secondary N) is 2. The van der Waals surface area contributed by atoms with Gasteiger partial charge in [-0.25, -0.2) is 4.98 Å². The van der Waals surface area contributed by atoms with Gasteiger partial charge in [-0.2, -0.15) is 0 Å². The Labute approximate surface area is 177 Å². The van der Waals surface area contributed by atoms with Crippen LogP contribution in [0.2, 0.25) is 5.02 Å². The van der Waals surface area contributed by atoms with Gasteiger partial charge in [0.2, 0.25) is 5.91 Å². The Morgan fingerprint density at radius 2 is 1.90 bits per heavy atom. The van der Waals surface area contributed by atoms with Gasteiger partial charge in [-0.3, -0.25) is 9.59 Å². The van der Waals surface area contributed by atoms with Gasteiger partial charge in [-0.05, 0) is 42.8 Å². The summed E-state index contributed by atoms with van der Waals surface area (Å²) in [4.78, 5) is 29.5. The predicted molar refractivity (Wildman–Crippen MR) is 115 cm³/mol. The fourth-order valence-corrected chi connectivity index (χ4v) is 3.63. The molecule has 0 saturated carbocycles. The van der Waals surface area contributed by atoms with Gasteiger partial charge in [-0.15, -0.1) is 11.3 Å². The maximum absolute atomic E-state index is 12.2. The second kappa shape index (κ2) is 10.0. The molecular formula is C21H20ClN3O3S. The number of halogens is 1. The van der Waals surface area contributed by atoms with E-state index >= 15 is 0 Å². The Bertz CT molecular complexity index is 989. The number of ether oxygens (including phenoxy) is 1. The van der Waals surface area contributed by atoms with Gasteiger partial charge in [0, 0.05) is 28.1 Å². The Morgan fingerprint density at radius 3 is 2.62 bits per heavy atom. The van der Waals surface area contributed by atoms with E-state index in [1.54, 1.807) is 30.5 Å². The first kappa shape index (κ1) is 20.8. The molecule has 2 aromatic carbocycles. The highest BCUT2D eigenvalue weighted by atomic mass is 35.5. The number of carbonyl (C=O) groups excluding carboxylic acids is 2. The number of rotatable bonds is 8. The topological polar surface area (TPSA) is 80.3 Å². The van der Waals surface area contributed by atoms with Crippen molar-refractivity contribution in [3.05, 3.63) is 75.8 Å². The molecule has 2 N–H and O–H groups in total. The van der Waals surface area contributed by atoms with Crippen LogP contribution in [-0.4, -0.2) is 29.9 Å². The number of benzene rings is 2. The monoisotopic (exact) mass is 429 g/mol. The molecular weight excluding hydrogens is 410 g/mol. The summed E-state index contributed by atoms with van der Waals surface area (Å²) in [7, 11) is 0. The summed E-state index contributed by atoms with van der Waals surface area (Å²) in [5.41, 5.74) is 1.45. The molecule has 0 saturated heterocycles. The predicted octanol–water partition coefficient (Wildman–Crippen LogP) is 4.15. The molecule has 0 aliphatic carbocycles. The van der Waals surface area contributed by atoms with Crippen molar-refractivity contribution in [2.24, 2.45) is 0 Å². The van der Waals surface area contributed by atoms with Crippen LogP contribution >= 0.6 is 22.9 Å². The molecule has 0 aliphatic rings. The first-order chi connectivity index (χ1) is 14.0. The molecule has 29 heavy (non-hydrogen) atoms. The Balaban J connectivity index is 1.49. The lowest BCUT2D eigenvalue weighted by atomic mass is 10.1. The zero-order valence-corrected chi connectivity index (χ0v) is 17.3. The van der Waals surface area contributed by atoms with E-state index in [1.807, 2.05) is 31.2 Å². The van der Waals surface area contributed by atoms with Crippen molar-refractivity contribution in [2.75, 3.05) is 18.5 Å². The standard InChI is InChI=1S/C21H20ClN3O3S/c1-2-28-16-9-7-14(8-10-16)20(27)23-13-19(26)25-21-24-12-17(29-21)11-15-5-3-4-6-18(15)22/h3-10,12H,2,11,13H2,1H3,(H,23,27)(H,24,25,26). The quantitative estimate of drug-likeness (QED) is 0.563. The molecule has 0 fully saturated rings. The third-order valence-electron chi connectivity index (χ3n) is 3.96. The van der Waals surface area contributed by atoms with Crippen LogP contribution < -0.4 is 15.4 Å². The fourth-order valence-electron chi connectivity index (χ4n) is 2.57. The van der Waals surface area contributed by atoms with Crippen LogP contribution in [-0.2, 0) is 11.2 Å². The number of carbonyl (C=O) groups is 2. The van der Waals surface area contributed by atoms with E-state index in [0.717, 1.165) is 10.4 Å². The molecule has 3 aromatic rings. The molecule has 8 heteroatoms. The number of hydrogen-bond donors (Lipinski definition) is 2. The third kappa shape index (κ3) is 6.04. The maximum atomic E-state index is 12.2. The second-order valence-electron chi connectivity index (χ2n) is 6.09. The lowest BCUT2D eigenvalue weighted by molar-refractivity contribution is -0.115. The van der Waals surface area contributed by atoms with E-state index in [1.165, 1.54) is 11.3 Å². The molecule has 0 radical (unpaired) electrons. The molecule has 150 valence electrons. The summed E-state index contributed by atoms with van der Waals surface area (Å²) in [6.07, 6.45) is 2.35. The average molecular weight is 430 g/mol. The molecule has 0 atom stereocenters. The van der Waals surface area contributed by atoms with E-state index < -0.39 is 0 Å². The first-order valence-electron chi connectivity index (χ1n) is 9.04. The SMILES string of the molecule is CCOc1ccc(C(=O)NCC(=O)Nc2ncc(Cc3ccccc3Cl)s2)cc1. The van der Waals surface area contributed by atoms with Crippen LogP contribution in [0.4, 0.5) is 5.13 Å². The highest BCUT2D eigenvalue weighted by Gasteiger charge is 2.11. The van der Waals surface area contributed by atoms with E-state index in [2.05, 4.69) is 15.6 Å². The van der Waals surface area contributed by atoms with Crippen molar-refractivity contribution in [2.45, 2.75) is 13.3 Å². The third-order valence-corrected chi connectivity index (χ3v) is 5.24. The number of aromatic nitrogens is 1. The lowest BCUT2D eigenvalue weighted by Gasteiger charge is -2.06. The molecule has 0 bridgehead atoms. The van der Waals surface area contributed by atoms with Crippen LogP contribution in [0.3, 0.4) is 0 Å². The van der Waals surface area contributed by atoms with Crippen molar-refractivity contribution in [1.29, 1.82) is 0 Å². The number of thiazole rings is 1. The molecule has 1 heterocycles. The molecule has 3 rings (SSSR count). The highest BCUT2D eigenvalue weighted by Crippen LogP contribution is 2.24. The fraction of sp³-hybridized carbons (Fsp3) is 0.190. The van der Waals surface area contributed by atoms with Gasteiger partial charge in [0.15, 0.2) is 5.13 Å². The van der Waals surface area contributed by atoms with Gasteiger partial charge in [0.1, 0.15) is 5.75 Å². The molecule has 0 spiro atoms. The largest absolute Gasteiger partial charge is 0.494 e. The number of hydrogen-bond acceptors (Lipinski definition) is 5.